The van der Waals surface area contributed by atoms with Crippen molar-refractivity contribution in [3.05, 3.63) is 47.1 Å². The Morgan fingerprint density at radius 3 is 2.91 bits per heavy atom. The number of hydrogen-bond acceptors (Lipinski definition) is 6. The molecular formula is C17H24N4OS. The van der Waals surface area contributed by atoms with Crippen molar-refractivity contribution in [3.8, 4) is 0 Å². The number of rotatable bonds is 6. The number of nitrogens with zero attached hydrogens (tertiary/aromatic N) is 4. The van der Waals surface area contributed by atoms with E-state index in [0.29, 0.717) is 18.5 Å². The van der Waals surface area contributed by atoms with Crippen molar-refractivity contribution in [2.75, 3.05) is 26.9 Å². The van der Waals surface area contributed by atoms with Crippen LogP contribution < -0.4 is 0 Å². The van der Waals surface area contributed by atoms with Gasteiger partial charge in [0.1, 0.15) is 0 Å². The molecule has 0 saturated carbocycles. The number of benzene rings is 1. The van der Waals surface area contributed by atoms with Gasteiger partial charge in [0, 0.05) is 19.1 Å². The van der Waals surface area contributed by atoms with Crippen LogP contribution in [0.5, 0.6) is 0 Å². The van der Waals surface area contributed by atoms with E-state index in [4.69, 9.17) is 4.52 Å². The van der Waals surface area contributed by atoms with Crippen LogP contribution in [-0.2, 0) is 25.3 Å². The molecule has 1 atom stereocenters. The zero-order valence-electron chi connectivity index (χ0n) is 14.0. The van der Waals surface area contributed by atoms with Gasteiger partial charge in [0.2, 0.25) is 5.89 Å². The van der Waals surface area contributed by atoms with Crippen LogP contribution in [0.15, 0.2) is 28.8 Å². The molecule has 1 aliphatic heterocycles. The van der Waals surface area contributed by atoms with Gasteiger partial charge in [-0.3, -0.25) is 9.80 Å². The Bertz CT molecular complexity index is 645. The molecule has 0 bridgehead atoms. The van der Waals surface area contributed by atoms with Gasteiger partial charge in [-0.15, -0.1) is 0 Å². The van der Waals surface area contributed by atoms with E-state index in [2.05, 4.69) is 58.3 Å². The summed E-state index contributed by atoms with van der Waals surface area (Å²) in [5, 5.41) is 4.01. The van der Waals surface area contributed by atoms with Gasteiger partial charge in [-0.1, -0.05) is 29.4 Å². The van der Waals surface area contributed by atoms with Gasteiger partial charge in [0.05, 0.1) is 12.3 Å². The van der Waals surface area contributed by atoms with Crippen molar-refractivity contribution >= 4 is 11.8 Å². The summed E-state index contributed by atoms with van der Waals surface area (Å²) < 4.78 is 5.33. The lowest BCUT2D eigenvalue weighted by molar-refractivity contribution is 0.150. The second-order valence-corrected chi connectivity index (χ2v) is 7.14. The zero-order valence-corrected chi connectivity index (χ0v) is 14.8. The molecule has 124 valence electrons. The molecule has 2 aromatic rings. The second-order valence-electron chi connectivity index (χ2n) is 6.28. The molecule has 2 heterocycles. The van der Waals surface area contributed by atoms with Crippen LogP contribution in [0.2, 0.25) is 0 Å². The van der Waals surface area contributed by atoms with Crippen LogP contribution in [0, 0.1) is 0 Å². The Balaban J connectivity index is 1.58. The minimum atomic E-state index is 0.517. The van der Waals surface area contributed by atoms with E-state index in [1.165, 1.54) is 11.1 Å². The zero-order chi connectivity index (χ0) is 16.2. The Labute approximate surface area is 142 Å². The van der Waals surface area contributed by atoms with Crippen molar-refractivity contribution in [2.24, 2.45) is 0 Å². The molecule has 3 rings (SSSR count). The molecular weight excluding hydrogens is 308 g/mol. The van der Waals surface area contributed by atoms with Crippen molar-refractivity contribution in [1.82, 2.24) is 19.9 Å². The molecule has 0 N–H and O–H groups in total. The fourth-order valence-electron chi connectivity index (χ4n) is 3.12. The maximum Gasteiger partial charge on any atom is 0.240 e. The Morgan fingerprint density at radius 2 is 2.13 bits per heavy atom. The fourth-order valence-corrected chi connectivity index (χ4v) is 3.50. The summed E-state index contributed by atoms with van der Waals surface area (Å²) in [7, 11) is 4.32. The predicted molar refractivity (Wildman–Crippen MR) is 93.3 cm³/mol. The van der Waals surface area contributed by atoms with E-state index < -0.39 is 0 Å². The van der Waals surface area contributed by atoms with Crippen LogP contribution in [0.4, 0.5) is 0 Å². The maximum absolute atomic E-state index is 5.33. The highest BCUT2D eigenvalue weighted by molar-refractivity contribution is 7.97. The summed E-state index contributed by atoms with van der Waals surface area (Å²) in [6.45, 7) is 2.71. The molecule has 23 heavy (non-hydrogen) atoms. The highest BCUT2D eigenvalue weighted by Gasteiger charge is 2.24. The third-order valence-corrected chi connectivity index (χ3v) is 4.88. The second kappa shape index (κ2) is 7.47. The minimum absolute atomic E-state index is 0.517. The van der Waals surface area contributed by atoms with Crippen LogP contribution in [-0.4, -0.2) is 52.9 Å². The van der Waals surface area contributed by atoms with Gasteiger partial charge >= 0.3 is 0 Å². The molecule has 0 saturated heterocycles. The molecule has 1 unspecified atom stereocenters. The van der Waals surface area contributed by atoms with Crippen LogP contribution >= 0.6 is 11.8 Å². The fraction of sp³-hybridized carbons (Fsp3) is 0.529. The molecule has 5 nitrogen and oxygen atoms in total. The van der Waals surface area contributed by atoms with Gasteiger partial charge in [-0.2, -0.15) is 16.7 Å². The molecule has 1 aromatic heterocycles. The molecule has 1 aliphatic rings. The van der Waals surface area contributed by atoms with E-state index in [1.54, 1.807) is 11.8 Å². The largest absolute Gasteiger partial charge is 0.338 e. The van der Waals surface area contributed by atoms with Gasteiger partial charge in [-0.25, -0.2) is 0 Å². The average Bonchev–Trinajstić information content (AvgIpc) is 2.95. The van der Waals surface area contributed by atoms with Crippen molar-refractivity contribution in [2.45, 2.75) is 31.3 Å². The molecule has 0 spiro atoms. The summed E-state index contributed by atoms with van der Waals surface area (Å²) in [5.41, 5.74) is 2.93. The SMILES string of the molecule is CSCc1noc(CN(C)CC2Cc3ccccc3CN2C)n1. The topological polar surface area (TPSA) is 45.4 Å². The molecule has 6 heteroatoms. The summed E-state index contributed by atoms with van der Waals surface area (Å²) >= 11 is 1.70. The van der Waals surface area contributed by atoms with Crippen molar-refractivity contribution < 1.29 is 4.52 Å². The first-order valence-corrected chi connectivity index (χ1v) is 9.31. The van der Waals surface area contributed by atoms with E-state index in [-0.39, 0.29) is 0 Å². The summed E-state index contributed by atoms with van der Waals surface area (Å²) in [6, 6.07) is 9.26. The average molecular weight is 332 g/mol. The number of aromatic nitrogens is 2. The lowest BCUT2D eigenvalue weighted by Crippen LogP contribution is -2.44. The van der Waals surface area contributed by atoms with Gasteiger partial charge < -0.3 is 4.52 Å². The van der Waals surface area contributed by atoms with E-state index in [9.17, 15) is 0 Å². The van der Waals surface area contributed by atoms with E-state index >= 15 is 0 Å². The first-order valence-electron chi connectivity index (χ1n) is 7.91. The van der Waals surface area contributed by atoms with E-state index in [1.807, 2.05) is 6.26 Å². The quantitative estimate of drug-likeness (QED) is 0.809. The van der Waals surface area contributed by atoms with Crippen molar-refractivity contribution in [1.29, 1.82) is 0 Å². The summed E-state index contributed by atoms with van der Waals surface area (Å²) in [4.78, 5) is 9.14. The minimum Gasteiger partial charge on any atom is -0.338 e. The lowest BCUT2D eigenvalue weighted by Gasteiger charge is -2.36. The maximum atomic E-state index is 5.33. The summed E-state index contributed by atoms with van der Waals surface area (Å²) in [6.07, 6.45) is 3.14. The van der Waals surface area contributed by atoms with Gasteiger partial charge in [0.25, 0.3) is 0 Å². The van der Waals surface area contributed by atoms with Crippen LogP contribution in [0.3, 0.4) is 0 Å². The lowest BCUT2D eigenvalue weighted by atomic mass is 9.94. The van der Waals surface area contributed by atoms with Crippen LogP contribution in [0.1, 0.15) is 22.8 Å². The molecule has 0 radical (unpaired) electrons. The highest BCUT2D eigenvalue weighted by atomic mass is 32.2. The molecule has 1 aromatic carbocycles. The third kappa shape index (κ3) is 4.13. The molecule has 0 aliphatic carbocycles. The summed E-state index contributed by atoms with van der Waals surface area (Å²) in [5.74, 6) is 2.29. The monoisotopic (exact) mass is 332 g/mol. The Morgan fingerprint density at radius 1 is 1.35 bits per heavy atom. The standard InChI is InChI=1S/C17H24N4OS/c1-20(11-17-18-16(12-23-3)19-22-17)10-15-8-13-6-4-5-7-14(13)9-21(15)2/h4-7,15H,8-12H2,1-3H3. The molecule has 0 fully saturated rings. The van der Waals surface area contributed by atoms with E-state index in [0.717, 1.165) is 31.1 Å². The first kappa shape index (κ1) is 16.5. The smallest absolute Gasteiger partial charge is 0.240 e. The predicted octanol–water partition coefficient (Wildman–Crippen LogP) is 2.42. The van der Waals surface area contributed by atoms with Crippen molar-refractivity contribution in [3.63, 3.8) is 0 Å². The Kier molecular flexibility index (Phi) is 5.35. The normalized spacial score (nSPS) is 18.3. The molecule has 0 amide bonds. The third-order valence-electron chi connectivity index (χ3n) is 4.33. The van der Waals surface area contributed by atoms with Gasteiger partial charge in [-0.05, 0) is 37.9 Å². The van der Waals surface area contributed by atoms with Crippen LogP contribution in [0.25, 0.3) is 0 Å². The Hall–Kier alpha value is -1.37. The highest BCUT2D eigenvalue weighted by Crippen LogP contribution is 2.22. The number of likely N-dealkylation sites (N-methyl/N-ethyl adjacent to an activating group) is 2. The first-order chi connectivity index (χ1) is 11.2. The number of hydrogen-bond donors (Lipinski definition) is 0. The van der Waals surface area contributed by atoms with Gasteiger partial charge in [0.15, 0.2) is 5.82 Å². The number of fused-ring (bicyclic) bond motifs is 1. The number of thioether (sulfide) groups is 1.